The number of halogens is 1. The Kier molecular flexibility index (Phi) is 8.30. The minimum atomic E-state index is -0.0910. The number of hydrogen-bond acceptors (Lipinski definition) is 3. The maximum Gasteiger partial charge on any atom is 0.251 e. The van der Waals surface area contributed by atoms with E-state index in [9.17, 15) is 4.79 Å². The number of rotatable bonds is 7. The lowest BCUT2D eigenvalue weighted by Gasteiger charge is -2.20. The Morgan fingerprint density at radius 3 is 2.38 bits per heavy atom. The Morgan fingerprint density at radius 2 is 1.79 bits per heavy atom. The van der Waals surface area contributed by atoms with Gasteiger partial charge in [0.15, 0.2) is 0 Å². The molecule has 0 bridgehead atoms. The van der Waals surface area contributed by atoms with Crippen LogP contribution in [0.4, 0.5) is 0 Å². The molecule has 0 radical (unpaired) electrons. The van der Waals surface area contributed by atoms with E-state index in [1.807, 2.05) is 50.2 Å². The summed E-state index contributed by atoms with van der Waals surface area (Å²) >= 11 is 0. The third-order valence-electron chi connectivity index (χ3n) is 3.76. The summed E-state index contributed by atoms with van der Waals surface area (Å²) in [6.45, 7) is 5.07. The smallest absolute Gasteiger partial charge is 0.251 e. The molecule has 0 aliphatic heterocycles. The van der Waals surface area contributed by atoms with Gasteiger partial charge in [0, 0.05) is 17.7 Å². The maximum atomic E-state index is 12.5. The molecule has 4 nitrogen and oxygen atoms in total. The molecule has 0 aliphatic rings. The highest BCUT2D eigenvalue weighted by molar-refractivity contribution is 5.94. The number of ether oxygens (including phenoxy) is 1. The molecular formula is C19H25ClN2O2. The third kappa shape index (κ3) is 4.98. The molecule has 2 rings (SSSR count). The van der Waals surface area contributed by atoms with Gasteiger partial charge < -0.3 is 15.8 Å². The third-order valence-corrected chi connectivity index (χ3v) is 3.76. The van der Waals surface area contributed by atoms with Gasteiger partial charge >= 0.3 is 0 Å². The summed E-state index contributed by atoms with van der Waals surface area (Å²) in [5.41, 5.74) is 8.23. The lowest BCUT2D eigenvalue weighted by Crippen LogP contribution is -2.28. The van der Waals surface area contributed by atoms with Crippen molar-refractivity contribution in [3.63, 3.8) is 0 Å². The predicted octanol–water partition coefficient (Wildman–Crippen LogP) is 3.85. The Morgan fingerprint density at radius 1 is 1.12 bits per heavy atom. The Balaban J connectivity index is 0.00000288. The SMILES string of the molecule is CCOc1ccccc1C(CC)NC(=O)c1ccc(CN)cc1.Cl. The van der Waals surface area contributed by atoms with Crippen molar-refractivity contribution in [3.8, 4) is 5.75 Å². The first kappa shape index (κ1) is 20.0. The lowest BCUT2D eigenvalue weighted by molar-refractivity contribution is 0.0935. The topological polar surface area (TPSA) is 64.3 Å². The zero-order valence-electron chi connectivity index (χ0n) is 14.1. The molecule has 1 atom stereocenters. The molecule has 0 spiro atoms. The fourth-order valence-electron chi connectivity index (χ4n) is 2.49. The number of nitrogens with two attached hydrogens (primary N) is 1. The fourth-order valence-corrected chi connectivity index (χ4v) is 2.49. The van der Waals surface area contributed by atoms with E-state index in [0.717, 1.165) is 23.3 Å². The molecule has 0 fully saturated rings. The van der Waals surface area contributed by atoms with Crippen molar-refractivity contribution in [2.75, 3.05) is 6.61 Å². The van der Waals surface area contributed by atoms with Crippen LogP contribution < -0.4 is 15.8 Å². The monoisotopic (exact) mass is 348 g/mol. The molecule has 0 saturated carbocycles. The molecule has 2 aromatic carbocycles. The minimum Gasteiger partial charge on any atom is -0.494 e. The molecule has 1 amide bonds. The van der Waals surface area contributed by atoms with Crippen molar-refractivity contribution >= 4 is 18.3 Å². The molecule has 130 valence electrons. The van der Waals surface area contributed by atoms with Gasteiger partial charge in [-0.15, -0.1) is 12.4 Å². The molecule has 0 saturated heterocycles. The van der Waals surface area contributed by atoms with E-state index in [2.05, 4.69) is 5.32 Å². The molecule has 2 aromatic rings. The zero-order chi connectivity index (χ0) is 16.7. The molecule has 1 unspecified atom stereocenters. The molecule has 24 heavy (non-hydrogen) atoms. The zero-order valence-corrected chi connectivity index (χ0v) is 14.9. The van der Waals surface area contributed by atoms with Gasteiger partial charge in [0.2, 0.25) is 0 Å². The number of carbonyl (C=O) groups excluding carboxylic acids is 1. The Bertz CT molecular complexity index is 644. The Labute approximate surface area is 149 Å². The normalized spacial score (nSPS) is 11.3. The number of carbonyl (C=O) groups is 1. The van der Waals surface area contributed by atoms with E-state index < -0.39 is 0 Å². The highest BCUT2D eigenvalue weighted by Crippen LogP contribution is 2.27. The highest BCUT2D eigenvalue weighted by Gasteiger charge is 2.17. The molecule has 0 aliphatic carbocycles. The van der Waals surface area contributed by atoms with Crippen molar-refractivity contribution in [3.05, 3.63) is 65.2 Å². The average Bonchev–Trinajstić information content (AvgIpc) is 2.60. The van der Waals surface area contributed by atoms with E-state index in [0.29, 0.717) is 18.7 Å². The van der Waals surface area contributed by atoms with Crippen LogP contribution in [0.15, 0.2) is 48.5 Å². The van der Waals surface area contributed by atoms with E-state index >= 15 is 0 Å². The van der Waals surface area contributed by atoms with Crippen LogP contribution in [0.2, 0.25) is 0 Å². The summed E-state index contributed by atoms with van der Waals surface area (Å²) in [5.74, 6) is 0.729. The predicted molar refractivity (Wildman–Crippen MR) is 99.7 cm³/mol. The lowest BCUT2D eigenvalue weighted by atomic mass is 10.0. The average molecular weight is 349 g/mol. The first-order valence-corrected chi connectivity index (χ1v) is 8.01. The summed E-state index contributed by atoms with van der Waals surface area (Å²) in [7, 11) is 0. The highest BCUT2D eigenvalue weighted by atomic mass is 35.5. The van der Waals surface area contributed by atoms with Crippen LogP contribution >= 0.6 is 12.4 Å². The number of para-hydroxylation sites is 1. The number of nitrogens with one attached hydrogen (secondary N) is 1. The molecule has 3 N–H and O–H groups in total. The largest absolute Gasteiger partial charge is 0.494 e. The van der Waals surface area contributed by atoms with Gasteiger partial charge in [0.25, 0.3) is 5.91 Å². The van der Waals surface area contributed by atoms with Crippen LogP contribution in [0.1, 0.15) is 47.8 Å². The second-order valence-electron chi connectivity index (χ2n) is 5.31. The van der Waals surface area contributed by atoms with Crippen LogP contribution in [-0.4, -0.2) is 12.5 Å². The van der Waals surface area contributed by atoms with Gasteiger partial charge in [0.1, 0.15) is 5.75 Å². The quantitative estimate of drug-likeness (QED) is 0.798. The molecule has 0 aromatic heterocycles. The fraction of sp³-hybridized carbons (Fsp3) is 0.316. The van der Waals surface area contributed by atoms with Crippen molar-refractivity contribution in [1.82, 2.24) is 5.32 Å². The van der Waals surface area contributed by atoms with Gasteiger partial charge in [0.05, 0.1) is 12.6 Å². The van der Waals surface area contributed by atoms with E-state index in [4.69, 9.17) is 10.5 Å². The van der Waals surface area contributed by atoms with Gasteiger partial charge in [-0.1, -0.05) is 37.3 Å². The number of amides is 1. The maximum absolute atomic E-state index is 12.5. The molecule has 5 heteroatoms. The summed E-state index contributed by atoms with van der Waals surface area (Å²) in [6, 6.07) is 15.1. The van der Waals surface area contributed by atoms with Crippen molar-refractivity contribution < 1.29 is 9.53 Å². The molecule has 0 heterocycles. The summed E-state index contributed by atoms with van der Waals surface area (Å²) < 4.78 is 5.67. The van der Waals surface area contributed by atoms with Gasteiger partial charge in [-0.3, -0.25) is 4.79 Å². The van der Waals surface area contributed by atoms with Crippen molar-refractivity contribution in [2.24, 2.45) is 5.73 Å². The number of benzene rings is 2. The van der Waals surface area contributed by atoms with E-state index in [1.54, 1.807) is 12.1 Å². The second kappa shape index (κ2) is 9.96. The first-order valence-electron chi connectivity index (χ1n) is 8.01. The second-order valence-corrected chi connectivity index (χ2v) is 5.31. The minimum absolute atomic E-state index is 0. The Hall–Kier alpha value is -2.04. The summed E-state index contributed by atoms with van der Waals surface area (Å²) in [5, 5.41) is 3.09. The first-order chi connectivity index (χ1) is 11.2. The number of hydrogen-bond donors (Lipinski definition) is 2. The van der Waals surface area contributed by atoms with Crippen LogP contribution in [-0.2, 0) is 6.54 Å². The summed E-state index contributed by atoms with van der Waals surface area (Å²) in [6.07, 6.45) is 0.788. The standard InChI is InChI=1S/C19H24N2O2.ClH/c1-3-17(16-7-5-6-8-18(16)23-4-2)21-19(22)15-11-9-14(13-20)10-12-15;/h5-12,17H,3-4,13,20H2,1-2H3,(H,21,22);1H. The van der Waals surface area contributed by atoms with Gasteiger partial charge in [-0.25, -0.2) is 0 Å². The van der Waals surface area contributed by atoms with Crippen LogP contribution in [0.5, 0.6) is 5.75 Å². The van der Waals surface area contributed by atoms with E-state index in [-0.39, 0.29) is 24.4 Å². The van der Waals surface area contributed by atoms with Crippen LogP contribution in [0.3, 0.4) is 0 Å². The molecular weight excluding hydrogens is 324 g/mol. The van der Waals surface area contributed by atoms with Crippen LogP contribution in [0.25, 0.3) is 0 Å². The van der Waals surface area contributed by atoms with E-state index in [1.165, 1.54) is 0 Å². The summed E-state index contributed by atoms with van der Waals surface area (Å²) in [4.78, 5) is 12.5. The van der Waals surface area contributed by atoms with Gasteiger partial charge in [-0.2, -0.15) is 0 Å². The van der Waals surface area contributed by atoms with Gasteiger partial charge in [-0.05, 0) is 37.1 Å². The van der Waals surface area contributed by atoms with Crippen LogP contribution in [0, 0.1) is 0 Å². The van der Waals surface area contributed by atoms with Crippen molar-refractivity contribution in [1.29, 1.82) is 0 Å². The van der Waals surface area contributed by atoms with Crippen molar-refractivity contribution in [2.45, 2.75) is 32.9 Å².